The molecular formula is C26H32N8O2S. The molecule has 3 aromatic heterocycles. The number of nitrogens with one attached hydrogen (secondary N) is 3. The zero-order valence-corrected chi connectivity index (χ0v) is 21.8. The zero-order valence-electron chi connectivity index (χ0n) is 20.9. The summed E-state index contributed by atoms with van der Waals surface area (Å²) in [6, 6.07) is 8.34. The van der Waals surface area contributed by atoms with Crippen LogP contribution in [0.2, 0.25) is 0 Å². The summed E-state index contributed by atoms with van der Waals surface area (Å²) in [5.74, 6) is 0.963. The minimum atomic E-state index is -3.49. The molecule has 10 nitrogen and oxygen atoms in total. The number of sulfonamides is 1. The molecule has 0 bridgehead atoms. The molecular weight excluding hydrogens is 488 g/mol. The number of piperidine rings is 1. The average Bonchev–Trinajstić information content (AvgIpc) is 3.60. The van der Waals surface area contributed by atoms with Crippen LogP contribution in [0.3, 0.4) is 0 Å². The lowest BCUT2D eigenvalue weighted by Gasteiger charge is -2.23. The fourth-order valence-corrected chi connectivity index (χ4v) is 7.06. The average molecular weight is 521 g/mol. The Hall–Kier alpha value is -3.31. The molecule has 1 saturated carbocycles. The Morgan fingerprint density at radius 3 is 2.76 bits per heavy atom. The minimum Gasteiger partial charge on any atom is -0.350 e. The summed E-state index contributed by atoms with van der Waals surface area (Å²) in [6.07, 6.45) is 9.61. The number of benzene rings is 1. The number of aryl methyl sites for hydroxylation is 1. The molecule has 2 fully saturated rings. The summed E-state index contributed by atoms with van der Waals surface area (Å²) in [5, 5.41) is 11.9. The third kappa shape index (κ3) is 4.73. The van der Waals surface area contributed by atoms with E-state index in [9.17, 15) is 8.42 Å². The van der Waals surface area contributed by atoms with E-state index in [-0.39, 0.29) is 5.25 Å². The van der Waals surface area contributed by atoms with Crippen LogP contribution in [-0.4, -0.2) is 57.4 Å². The number of hydrogen-bond acceptors (Lipinski definition) is 8. The molecule has 3 N–H and O–H groups in total. The molecule has 4 heterocycles. The zero-order chi connectivity index (χ0) is 25.4. The first-order valence-corrected chi connectivity index (χ1v) is 14.7. The van der Waals surface area contributed by atoms with Crippen LogP contribution in [0.5, 0.6) is 0 Å². The Labute approximate surface area is 216 Å². The topological polar surface area (TPSA) is 126 Å². The van der Waals surface area contributed by atoms with Crippen molar-refractivity contribution >= 4 is 38.2 Å². The van der Waals surface area contributed by atoms with Crippen molar-refractivity contribution in [3.05, 3.63) is 42.4 Å². The molecule has 1 aromatic carbocycles. The number of aromatic nitrogens is 5. The molecule has 2 aliphatic rings. The van der Waals surface area contributed by atoms with Gasteiger partial charge in [-0.05, 0) is 68.5 Å². The highest BCUT2D eigenvalue weighted by Crippen LogP contribution is 2.31. The molecule has 1 aliphatic carbocycles. The quantitative estimate of drug-likeness (QED) is 0.336. The van der Waals surface area contributed by atoms with E-state index in [0.29, 0.717) is 36.2 Å². The molecule has 194 valence electrons. The first-order valence-electron chi connectivity index (χ1n) is 13.1. The van der Waals surface area contributed by atoms with E-state index < -0.39 is 10.0 Å². The van der Waals surface area contributed by atoms with Crippen LogP contribution in [-0.2, 0) is 16.4 Å². The van der Waals surface area contributed by atoms with Crippen molar-refractivity contribution in [3.63, 3.8) is 0 Å². The predicted molar refractivity (Wildman–Crippen MR) is 145 cm³/mol. The number of rotatable bonds is 7. The molecule has 0 amide bonds. The maximum atomic E-state index is 12.9. The Kier molecular flexibility index (Phi) is 6.41. The van der Waals surface area contributed by atoms with Gasteiger partial charge in [0.05, 0.1) is 16.5 Å². The molecule has 6 rings (SSSR count). The highest BCUT2D eigenvalue weighted by Gasteiger charge is 2.29. The van der Waals surface area contributed by atoms with Crippen molar-refractivity contribution in [3.8, 4) is 11.3 Å². The Bertz CT molecular complexity index is 1540. The van der Waals surface area contributed by atoms with Gasteiger partial charge in [0, 0.05) is 29.7 Å². The molecule has 11 heteroatoms. The van der Waals surface area contributed by atoms with Crippen molar-refractivity contribution in [1.29, 1.82) is 0 Å². The summed E-state index contributed by atoms with van der Waals surface area (Å²) < 4.78 is 30.3. The summed E-state index contributed by atoms with van der Waals surface area (Å²) in [7, 11) is -3.49. The van der Waals surface area contributed by atoms with Gasteiger partial charge in [0.25, 0.3) is 0 Å². The minimum absolute atomic E-state index is 0.306. The predicted octanol–water partition coefficient (Wildman–Crippen LogP) is 3.75. The van der Waals surface area contributed by atoms with E-state index in [1.807, 2.05) is 18.3 Å². The van der Waals surface area contributed by atoms with Crippen LogP contribution in [0, 0.1) is 0 Å². The summed E-state index contributed by atoms with van der Waals surface area (Å²) in [5.41, 5.74) is 4.49. The van der Waals surface area contributed by atoms with E-state index in [1.54, 1.807) is 4.52 Å². The van der Waals surface area contributed by atoms with Crippen molar-refractivity contribution in [1.82, 2.24) is 29.9 Å². The second-order valence-corrected chi connectivity index (χ2v) is 11.9. The fourth-order valence-electron chi connectivity index (χ4n) is 5.51. The number of anilines is 2. The van der Waals surface area contributed by atoms with Gasteiger partial charge in [-0.3, -0.25) is 4.72 Å². The highest BCUT2D eigenvalue weighted by molar-refractivity contribution is 7.93. The lowest BCUT2D eigenvalue weighted by atomic mass is 10.0. The normalized spacial score (nSPS) is 19.0. The number of fused-ring (bicyclic) bond motifs is 2. The van der Waals surface area contributed by atoms with Gasteiger partial charge < -0.3 is 10.6 Å². The molecule has 0 radical (unpaired) electrons. The Morgan fingerprint density at radius 1 is 1.11 bits per heavy atom. The number of hydrogen-bond donors (Lipinski definition) is 3. The second kappa shape index (κ2) is 9.86. The van der Waals surface area contributed by atoms with Gasteiger partial charge in [-0.25, -0.2) is 27.9 Å². The monoisotopic (exact) mass is 520 g/mol. The van der Waals surface area contributed by atoms with E-state index in [0.717, 1.165) is 72.9 Å². The first-order chi connectivity index (χ1) is 18.0. The third-order valence-corrected chi connectivity index (χ3v) is 9.33. The maximum absolute atomic E-state index is 12.9. The van der Waals surface area contributed by atoms with Crippen LogP contribution in [0.4, 0.5) is 11.8 Å². The largest absolute Gasteiger partial charge is 0.350 e. The Morgan fingerprint density at radius 2 is 1.97 bits per heavy atom. The molecule has 4 aromatic rings. The maximum Gasteiger partial charge on any atom is 0.236 e. The molecule has 1 saturated heterocycles. The fraction of sp³-hybridized carbons (Fsp3) is 0.462. The van der Waals surface area contributed by atoms with Gasteiger partial charge in [0.1, 0.15) is 11.8 Å². The second-order valence-electron chi connectivity index (χ2n) is 9.99. The summed E-state index contributed by atoms with van der Waals surface area (Å²) in [6.45, 7) is 4.10. The molecule has 1 atom stereocenters. The SMILES string of the molecule is CCc1cc(-c2ccc3c(NS(=O)(=O)C4CCCC4)ncnn23)cc2cnc(N[C@H]3CCCNC3)nc12. The van der Waals surface area contributed by atoms with Crippen molar-refractivity contribution in [2.24, 2.45) is 0 Å². The van der Waals surface area contributed by atoms with Crippen LogP contribution >= 0.6 is 0 Å². The molecule has 0 spiro atoms. The highest BCUT2D eigenvalue weighted by atomic mass is 32.2. The van der Waals surface area contributed by atoms with Gasteiger partial charge >= 0.3 is 0 Å². The lowest BCUT2D eigenvalue weighted by Crippen LogP contribution is -2.38. The van der Waals surface area contributed by atoms with Gasteiger partial charge in [-0.1, -0.05) is 19.8 Å². The Balaban J connectivity index is 1.34. The van der Waals surface area contributed by atoms with Crippen LogP contribution < -0.4 is 15.4 Å². The summed E-state index contributed by atoms with van der Waals surface area (Å²) >= 11 is 0. The van der Waals surface area contributed by atoms with Crippen LogP contribution in [0.25, 0.3) is 27.7 Å². The van der Waals surface area contributed by atoms with Crippen molar-refractivity contribution in [2.45, 2.75) is 63.2 Å². The van der Waals surface area contributed by atoms with Gasteiger partial charge in [-0.15, -0.1) is 0 Å². The van der Waals surface area contributed by atoms with Gasteiger partial charge in [-0.2, -0.15) is 5.10 Å². The van der Waals surface area contributed by atoms with E-state index >= 15 is 0 Å². The van der Waals surface area contributed by atoms with Crippen molar-refractivity contribution < 1.29 is 8.42 Å². The van der Waals surface area contributed by atoms with Crippen molar-refractivity contribution in [2.75, 3.05) is 23.1 Å². The van der Waals surface area contributed by atoms with Crippen LogP contribution in [0.1, 0.15) is 51.0 Å². The van der Waals surface area contributed by atoms with Crippen LogP contribution in [0.15, 0.2) is 36.8 Å². The van der Waals surface area contributed by atoms with E-state index in [1.165, 1.54) is 6.33 Å². The molecule has 37 heavy (non-hydrogen) atoms. The first kappa shape index (κ1) is 24.1. The molecule has 1 aliphatic heterocycles. The number of nitrogens with zero attached hydrogens (tertiary/aromatic N) is 5. The smallest absolute Gasteiger partial charge is 0.236 e. The standard InChI is InChI=1S/C26H32N8O2S/c1-2-17-12-18(13-19-14-28-26(32-24(17)19)31-20-6-5-11-27-15-20)22-9-10-23-25(29-16-30-34(22)23)33-37(35,36)21-7-3-4-8-21/h9-10,12-14,16,20-21,27H,2-8,11,15H2,1H3,(H,28,31,32)(H,29,30,33)/t20-/m0/s1. The van der Waals surface area contributed by atoms with Gasteiger partial charge in [0.15, 0.2) is 5.82 Å². The third-order valence-electron chi connectivity index (χ3n) is 7.50. The van der Waals surface area contributed by atoms with E-state index in [2.05, 4.69) is 49.5 Å². The van der Waals surface area contributed by atoms with Gasteiger partial charge in [0.2, 0.25) is 16.0 Å². The lowest BCUT2D eigenvalue weighted by molar-refractivity contribution is 0.478. The summed E-state index contributed by atoms with van der Waals surface area (Å²) in [4.78, 5) is 13.7. The molecule has 0 unspecified atom stereocenters. The van der Waals surface area contributed by atoms with E-state index in [4.69, 9.17) is 4.98 Å².